The highest BCUT2D eigenvalue weighted by atomic mass is 16.5. The molecule has 86 valence electrons. The second kappa shape index (κ2) is 5.09. The van der Waals surface area contributed by atoms with Gasteiger partial charge >= 0.3 is 5.97 Å². The van der Waals surface area contributed by atoms with Crippen molar-refractivity contribution in [3.05, 3.63) is 29.8 Å². The summed E-state index contributed by atoms with van der Waals surface area (Å²) in [5.41, 5.74) is 0.740. The van der Waals surface area contributed by atoms with Crippen molar-refractivity contribution in [3.63, 3.8) is 0 Å². The van der Waals surface area contributed by atoms with Crippen molar-refractivity contribution < 1.29 is 14.6 Å². The lowest BCUT2D eigenvalue weighted by Gasteiger charge is -2.10. The van der Waals surface area contributed by atoms with Crippen molar-refractivity contribution in [1.29, 1.82) is 0 Å². The molecule has 0 amide bonds. The minimum Gasteiger partial charge on any atom is -0.425 e. The predicted octanol–water partition coefficient (Wildman–Crippen LogP) is 0.836. The van der Waals surface area contributed by atoms with Crippen LogP contribution in [0, 0.1) is 0 Å². The average Bonchev–Trinajstić information content (AvgIpc) is 2.83. The molecule has 1 unspecified atom stereocenters. The average molecular weight is 221 g/mol. The lowest BCUT2D eigenvalue weighted by atomic mass is 10.2. The Hall–Kier alpha value is -1.39. The van der Waals surface area contributed by atoms with Crippen molar-refractivity contribution in [2.75, 3.05) is 6.54 Å². The predicted molar refractivity (Wildman–Crippen MR) is 59.0 cm³/mol. The van der Waals surface area contributed by atoms with Crippen LogP contribution < -0.4 is 10.1 Å². The van der Waals surface area contributed by atoms with Crippen LogP contribution in [0.1, 0.15) is 18.4 Å². The van der Waals surface area contributed by atoms with Gasteiger partial charge in [0.05, 0.1) is 6.61 Å². The highest BCUT2D eigenvalue weighted by Gasteiger charge is 2.23. The molecule has 1 aliphatic heterocycles. The summed E-state index contributed by atoms with van der Waals surface area (Å²) < 4.78 is 5.23. The van der Waals surface area contributed by atoms with E-state index >= 15 is 0 Å². The summed E-state index contributed by atoms with van der Waals surface area (Å²) >= 11 is 0. The molecular formula is C12H15NO3. The van der Waals surface area contributed by atoms with Gasteiger partial charge in [-0.3, -0.25) is 0 Å². The van der Waals surface area contributed by atoms with Crippen LogP contribution in [0.25, 0.3) is 0 Å². The van der Waals surface area contributed by atoms with Crippen LogP contribution in [0.3, 0.4) is 0 Å². The molecule has 0 radical (unpaired) electrons. The topological polar surface area (TPSA) is 58.6 Å². The fourth-order valence-electron chi connectivity index (χ4n) is 1.78. The van der Waals surface area contributed by atoms with Crippen molar-refractivity contribution >= 4 is 5.97 Å². The molecule has 0 bridgehead atoms. The molecule has 1 heterocycles. The highest BCUT2D eigenvalue weighted by Crippen LogP contribution is 2.15. The Morgan fingerprint density at radius 2 is 2.44 bits per heavy atom. The van der Waals surface area contributed by atoms with Crippen LogP contribution in [-0.2, 0) is 11.4 Å². The van der Waals surface area contributed by atoms with E-state index in [1.165, 1.54) is 0 Å². The van der Waals surface area contributed by atoms with E-state index in [-0.39, 0.29) is 18.6 Å². The van der Waals surface area contributed by atoms with Crippen LogP contribution in [-0.4, -0.2) is 23.7 Å². The quantitative estimate of drug-likeness (QED) is 0.586. The van der Waals surface area contributed by atoms with Crippen LogP contribution in [0.4, 0.5) is 0 Å². The Kier molecular flexibility index (Phi) is 3.54. The maximum atomic E-state index is 11.7. The third-order valence-corrected chi connectivity index (χ3v) is 2.64. The third-order valence-electron chi connectivity index (χ3n) is 2.64. The number of aliphatic hydroxyl groups excluding tert-OH is 1. The minimum absolute atomic E-state index is 0.0485. The molecule has 2 rings (SSSR count). The van der Waals surface area contributed by atoms with Gasteiger partial charge in [-0.05, 0) is 37.1 Å². The fourth-order valence-corrected chi connectivity index (χ4v) is 1.78. The van der Waals surface area contributed by atoms with E-state index in [1.807, 2.05) is 0 Å². The van der Waals surface area contributed by atoms with Crippen LogP contribution >= 0.6 is 0 Å². The van der Waals surface area contributed by atoms with E-state index in [1.54, 1.807) is 24.3 Å². The summed E-state index contributed by atoms with van der Waals surface area (Å²) in [5.74, 6) is 0.248. The molecular weight excluding hydrogens is 206 g/mol. The van der Waals surface area contributed by atoms with Gasteiger partial charge in [-0.15, -0.1) is 0 Å². The maximum Gasteiger partial charge on any atom is 0.328 e. The smallest absolute Gasteiger partial charge is 0.328 e. The largest absolute Gasteiger partial charge is 0.425 e. The Labute approximate surface area is 94.2 Å². The number of aliphatic hydroxyl groups is 1. The number of esters is 1. The zero-order chi connectivity index (χ0) is 11.4. The summed E-state index contributed by atoms with van der Waals surface area (Å²) in [5, 5.41) is 12.0. The monoisotopic (exact) mass is 221 g/mol. The van der Waals surface area contributed by atoms with Gasteiger partial charge in [0, 0.05) is 0 Å². The molecule has 1 fully saturated rings. The number of nitrogens with one attached hydrogen (secondary N) is 1. The first-order valence-electron chi connectivity index (χ1n) is 5.44. The number of ether oxygens (including phenoxy) is 1. The minimum atomic E-state index is -0.243. The van der Waals surface area contributed by atoms with Gasteiger partial charge in [0.25, 0.3) is 0 Å². The van der Waals surface area contributed by atoms with E-state index in [0.717, 1.165) is 24.9 Å². The molecule has 1 saturated heterocycles. The number of carbonyl (C=O) groups is 1. The highest BCUT2D eigenvalue weighted by molar-refractivity contribution is 5.78. The summed E-state index contributed by atoms with van der Waals surface area (Å²) in [6, 6.07) is 6.75. The van der Waals surface area contributed by atoms with Crippen molar-refractivity contribution in [3.8, 4) is 5.75 Å². The molecule has 0 aliphatic carbocycles. The number of hydrogen-bond acceptors (Lipinski definition) is 4. The fraction of sp³-hybridized carbons (Fsp3) is 0.417. The first kappa shape index (κ1) is 11.1. The van der Waals surface area contributed by atoms with E-state index in [4.69, 9.17) is 9.84 Å². The maximum absolute atomic E-state index is 11.7. The molecule has 1 aromatic carbocycles. The second-order valence-electron chi connectivity index (χ2n) is 3.88. The second-order valence-corrected chi connectivity index (χ2v) is 3.88. The molecule has 4 nitrogen and oxygen atoms in total. The SMILES string of the molecule is O=C(Oc1cccc(CO)c1)C1CCCN1. The Morgan fingerprint density at radius 1 is 1.56 bits per heavy atom. The molecule has 1 atom stereocenters. The number of carbonyl (C=O) groups excluding carboxylic acids is 1. The van der Waals surface area contributed by atoms with Crippen molar-refractivity contribution in [2.24, 2.45) is 0 Å². The Morgan fingerprint density at radius 3 is 3.12 bits per heavy atom. The zero-order valence-corrected chi connectivity index (χ0v) is 8.98. The van der Waals surface area contributed by atoms with E-state index in [0.29, 0.717) is 5.75 Å². The van der Waals surface area contributed by atoms with Gasteiger partial charge in [-0.25, -0.2) is 4.79 Å². The molecule has 0 spiro atoms. The van der Waals surface area contributed by atoms with Crippen molar-refractivity contribution in [2.45, 2.75) is 25.5 Å². The summed E-state index contributed by atoms with van der Waals surface area (Å²) in [6.07, 6.45) is 1.84. The molecule has 16 heavy (non-hydrogen) atoms. The molecule has 0 aromatic heterocycles. The molecule has 0 saturated carbocycles. The van der Waals surface area contributed by atoms with E-state index < -0.39 is 0 Å². The standard InChI is InChI=1S/C12H15NO3/c14-8-9-3-1-4-10(7-9)16-12(15)11-5-2-6-13-11/h1,3-4,7,11,13-14H,2,5-6,8H2. The first-order chi connectivity index (χ1) is 7.79. The van der Waals surface area contributed by atoms with Gasteiger partial charge in [0.1, 0.15) is 11.8 Å². The number of hydrogen-bond donors (Lipinski definition) is 2. The van der Waals surface area contributed by atoms with Crippen molar-refractivity contribution in [1.82, 2.24) is 5.32 Å². The Balaban J connectivity index is 1.99. The van der Waals surface area contributed by atoms with Gasteiger partial charge in [0.15, 0.2) is 0 Å². The first-order valence-corrected chi connectivity index (χ1v) is 5.44. The molecule has 1 aromatic rings. The number of rotatable bonds is 3. The lowest BCUT2D eigenvalue weighted by molar-refractivity contribution is -0.136. The lowest BCUT2D eigenvalue weighted by Crippen LogP contribution is -2.34. The molecule has 1 aliphatic rings. The molecule has 2 N–H and O–H groups in total. The normalized spacial score (nSPS) is 19.7. The van der Waals surface area contributed by atoms with Gasteiger partial charge in [-0.1, -0.05) is 12.1 Å². The summed E-state index contributed by atoms with van der Waals surface area (Å²) in [4.78, 5) is 11.7. The van der Waals surface area contributed by atoms with Gasteiger partial charge < -0.3 is 15.2 Å². The summed E-state index contributed by atoms with van der Waals surface area (Å²) in [7, 11) is 0. The van der Waals surface area contributed by atoms with Crippen LogP contribution in [0.15, 0.2) is 24.3 Å². The van der Waals surface area contributed by atoms with Crippen LogP contribution in [0.5, 0.6) is 5.75 Å². The van der Waals surface area contributed by atoms with Crippen LogP contribution in [0.2, 0.25) is 0 Å². The third kappa shape index (κ3) is 2.59. The van der Waals surface area contributed by atoms with E-state index in [2.05, 4.69) is 5.32 Å². The van der Waals surface area contributed by atoms with Gasteiger partial charge in [-0.2, -0.15) is 0 Å². The zero-order valence-electron chi connectivity index (χ0n) is 8.98. The molecule has 4 heteroatoms. The summed E-state index contributed by atoms with van der Waals surface area (Å²) in [6.45, 7) is 0.823. The van der Waals surface area contributed by atoms with Gasteiger partial charge in [0.2, 0.25) is 0 Å². The number of benzene rings is 1. The Bertz CT molecular complexity index is 372. The van der Waals surface area contributed by atoms with E-state index in [9.17, 15) is 4.79 Å².